The molecule has 3 aromatic rings. The van der Waals surface area contributed by atoms with Crippen molar-refractivity contribution in [2.24, 2.45) is 0 Å². The first-order chi connectivity index (χ1) is 17.2. The van der Waals surface area contributed by atoms with E-state index in [1.807, 2.05) is 43.3 Å². The second-order valence-electron chi connectivity index (χ2n) is 9.28. The predicted molar refractivity (Wildman–Crippen MR) is 139 cm³/mol. The number of hydrogen-bond donors (Lipinski definition) is 4. The van der Waals surface area contributed by atoms with E-state index in [2.05, 4.69) is 20.5 Å². The Balaban J connectivity index is 1.38. The van der Waals surface area contributed by atoms with Crippen molar-refractivity contribution >= 4 is 23.5 Å². The Morgan fingerprint density at radius 2 is 1.56 bits per heavy atom. The number of carbonyl (C=O) groups excluding carboxylic acids is 2. The molecule has 1 aliphatic rings. The van der Waals surface area contributed by atoms with Crippen LogP contribution in [-0.4, -0.2) is 46.9 Å². The lowest BCUT2D eigenvalue weighted by molar-refractivity contribution is -0.116. The van der Waals surface area contributed by atoms with Crippen molar-refractivity contribution in [3.63, 3.8) is 0 Å². The molecule has 8 heteroatoms. The number of hydrogen-bond acceptors (Lipinski definition) is 5. The second kappa shape index (κ2) is 10.6. The van der Waals surface area contributed by atoms with Gasteiger partial charge in [0.25, 0.3) is 5.84 Å². The summed E-state index contributed by atoms with van der Waals surface area (Å²) < 4.78 is 0. The van der Waals surface area contributed by atoms with Crippen molar-refractivity contribution in [1.29, 1.82) is 0 Å². The molecule has 0 atom stereocenters. The number of nitrogens with two attached hydrogens (primary N) is 1. The van der Waals surface area contributed by atoms with Crippen molar-refractivity contribution in [3.8, 4) is 5.75 Å². The first-order valence-corrected chi connectivity index (χ1v) is 12.0. The number of nitrogens with zero attached hydrogens (tertiary/aromatic N) is 2. The number of benzene rings is 2. The van der Waals surface area contributed by atoms with E-state index in [0.29, 0.717) is 41.2 Å². The van der Waals surface area contributed by atoms with Crippen LogP contribution in [0, 0.1) is 20.8 Å². The van der Waals surface area contributed by atoms with Crippen molar-refractivity contribution in [1.82, 2.24) is 15.6 Å². The molecule has 1 aromatic heterocycles. The van der Waals surface area contributed by atoms with Crippen molar-refractivity contribution in [2.75, 3.05) is 18.0 Å². The zero-order valence-electron chi connectivity index (χ0n) is 20.8. The van der Waals surface area contributed by atoms with Gasteiger partial charge in [-0.15, -0.1) is 0 Å². The van der Waals surface area contributed by atoms with E-state index in [1.165, 1.54) is 0 Å². The quantitative estimate of drug-likeness (QED) is 0.251. The summed E-state index contributed by atoms with van der Waals surface area (Å²) in [6.07, 6.45) is 1.49. The number of nitrogens with one attached hydrogen (secondary N) is 2. The van der Waals surface area contributed by atoms with Crippen molar-refractivity contribution in [3.05, 3.63) is 88.1 Å². The SMILES string of the molecule is Cc1cc(C(=O)c2cc(C)c(O)c(C)c2)cc(N2CCC(NC(=O)NC(=[NH2+])c3ccccc3)CC2)n1. The van der Waals surface area contributed by atoms with Crippen LogP contribution < -0.4 is 20.9 Å². The molecule has 1 aliphatic heterocycles. The molecule has 5 N–H and O–H groups in total. The summed E-state index contributed by atoms with van der Waals surface area (Å²) in [7, 11) is 0. The lowest BCUT2D eigenvalue weighted by atomic mass is 9.98. The molecule has 0 aliphatic carbocycles. The minimum atomic E-state index is -0.323. The average molecular weight is 487 g/mol. The van der Waals surface area contributed by atoms with Gasteiger partial charge in [0.2, 0.25) is 0 Å². The van der Waals surface area contributed by atoms with Gasteiger partial charge in [0.15, 0.2) is 5.78 Å². The molecule has 0 radical (unpaired) electrons. The molecule has 0 saturated carbocycles. The average Bonchev–Trinajstić information content (AvgIpc) is 2.87. The van der Waals surface area contributed by atoms with Gasteiger partial charge in [0, 0.05) is 36.0 Å². The van der Waals surface area contributed by atoms with Gasteiger partial charge in [0.1, 0.15) is 11.6 Å². The number of ketones is 1. The molecule has 8 nitrogen and oxygen atoms in total. The van der Waals surface area contributed by atoms with Crippen LogP contribution in [0.4, 0.5) is 10.6 Å². The van der Waals surface area contributed by atoms with E-state index in [0.717, 1.165) is 29.9 Å². The number of phenols is 1. The molecule has 186 valence electrons. The van der Waals surface area contributed by atoms with E-state index in [9.17, 15) is 14.7 Å². The van der Waals surface area contributed by atoms with Crippen LogP contribution in [0.2, 0.25) is 0 Å². The van der Waals surface area contributed by atoms with Crippen molar-refractivity contribution < 1.29 is 20.1 Å². The second-order valence-corrected chi connectivity index (χ2v) is 9.28. The summed E-state index contributed by atoms with van der Waals surface area (Å²) in [6.45, 7) is 6.85. The Morgan fingerprint density at radius 1 is 0.944 bits per heavy atom. The predicted octanol–water partition coefficient (Wildman–Crippen LogP) is 2.42. The Hall–Kier alpha value is -4.20. The number of urea groups is 1. The Morgan fingerprint density at radius 3 is 2.19 bits per heavy atom. The summed E-state index contributed by atoms with van der Waals surface area (Å²) in [5, 5.41) is 21.8. The van der Waals surface area contributed by atoms with E-state index < -0.39 is 0 Å². The number of aryl methyl sites for hydroxylation is 3. The molecular formula is C28H32N5O3+. The molecule has 36 heavy (non-hydrogen) atoms. The largest absolute Gasteiger partial charge is 0.507 e. The molecular weight excluding hydrogens is 454 g/mol. The molecule has 1 saturated heterocycles. The van der Waals surface area contributed by atoms with Gasteiger partial charge in [-0.1, -0.05) is 18.2 Å². The molecule has 2 amide bonds. The van der Waals surface area contributed by atoms with Gasteiger partial charge in [-0.25, -0.2) is 9.78 Å². The fourth-order valence-corrected chi connectivity index (χ4v) is 4.48. The smallest absolute Gasteiger partial charge is 0.406 e. The lowest BCUT2D eigenvalue weighted by Gasteiger charge is -2.33. The van der Waals surface area contributed by atoms with Crippen LogP contribution >= 0.6 is 0 Å². The standard InChI is InChI=1S/C28H31N5O3/c1-17-13-21(14-18(2)25(17)34)26(35)22-15-19(3)30-24(16-22)33-11-9-23(10-12-33)31-28(36)32-27(29)20-7-5-4-6-8-20/h4-8,13-16,23,34H,9-12H2,1-3H3,(H3,29,31,32,36)/p+1. The van der Waals surface area contributed by atoms with Crippen LogP contribution in [0.25, 0.3) is 0 Å². The fourth-order valence-electron chi connectivity index (χ4n) is 4.48. The molecule has 2 heterocycles. The number of amidine groups is 1. The van der Waals surface area contributed by atoms with Gasteiger partial charge in [-0.3, -0.25) is 10.2 Å². The number of anilines is 1. The van der Waals surface area contributed by atoms with Crippen LogP contribution in [-0.2, 0) is 0 Å². The molecule has 4 rings (SSSR count). The fraction of sp³-hybridized carbons (Fsp3) is 0.286. The van der Waals surface area contributed by atoms with E-state index in [4.69, 9.17) is 5.41 Å². The highest BCUT2D eigenvalue weighted by molar-refractivity contribution is 6.09. The highest BCUT2D eigenvalue weighted by Gasteiger charge is 2.25. The first kappa shape index (κ1) is 24.9. The van der Waals surface area contributed by atoms with E-state index >= 15 is 0 Å². The lowest BCUT2D eigenvalue weighted by Crippen LogP contribution is -2.56. The number of phenolic OH excluding ortho intramolecular Hbond substituents is 1. The number of aromatic nitrogens is 1. The summed E-state index contributed by atoms with van der Waals surface area (Å²) in [6, 6.07) is 16.0. The third kappa shape index (κ3) is 5.71. The third-order valence-electron chi connectivity index (χ3n) is 6.44. The number of rotatable bonds is 5. The van der Waals surface area contributed by atoms with E-state index in [-0.39, 0.29) is 23.6 Å². The molecule has 0 unspecified atom stereocenters. The zero-order valence-corrected chi connectivity index (χ0v) is 20.8. The van der Waals surface area contributed by atoms with Gasteiger partial charge in [-0.05, 0) is 81.1 Å². The van der Waals surface area contributed by atoms with Crippen LogP contribution in [0.3, 0.4) is 0 Å². The Kier molecular flexibility index (Phi) is 7.33. The van der Waals surface area contributed by atoms with Crippen LogP contribution in [0.5, 0.6) is 5.75 Å². The zero-order chi connectivity index (χ0) is 25.8. The maximum Gasteiger partial charge on any atom is 0.406 e. The molecule has 1 fully saturated rings. The Bertz CT molecular complexity index is 1270. The molecule has 0 spiro atoms. The third-order valence-corrected chi connectivity index (χ3v) is 6.44. The summed E-state index contributed by atoms with van der Waals surface area (Å²) in [4.78, 5) is 32.4. The number of pyridine rings is 1. The highest BCUT2D eigenvalue weighted by atomic mass is 16.3. The van der Waals surface area contributed by atoms with Gasteiger partial charge in [-0.2, -0.15) is 5.32 Å². The molecule has 2 aromatic carbocycles. The van der Waals surface area contributed by atoms with Gasteiger partial charge < -0.3 is 15.3 Å². The number of piperidine rings is 1. The van der Waals surface area contributed by atoms with Crippen LogP contribution in [0.15, 0.2) is 54.6 Å². The van der Waals surface area contributed by atoms with Crippen molar-refractivity contribution in [2.45, 2.75) is 39.7 Å². The normalized spacial score (nSPS) is 13.8. The minimum Gasteiger partial charge on any atom is -0.507 e. The first-order valence-electron chi connectivity index (χ1n) is 12.0. The monoisotopic (exact) mass is 486 g/mol. The summed E-state index contributed by atoms with van der Waals surface area (Å²) in [5.41, 5.74) is 3.97. The number of amides is 2. The van der Waals surface area contributed by atoms with Gasteiger partial charge in [0.05, 0.1) is 5.56 Å². The summed E-state index contributed by atoms with van der Waals surface area (Å²) in [5.74, 6) is 1.17. The maximum atomic E-state index is 13.2. The van der Waals surface area contributed by atoms with Gasteiger partial charge >= 0.3 is 6.03 Å². The van der Waals surface area contributed by atoms with Crippen LogP contribution in [0.1, 0.15) is 51.1 Å². The number of aromatic hydroxyl groups is 1. The minimum absolute atomic E-state index is 0.0127. The summed E-state index contributed by atoms with van der Waals surface area (Å²) >= 11 is 0. The molecule has 0 bridgehead atoms. The highest BCUT2D eigenvalue weighted by Crippen LogP contribution is 2.26. The number of carbonyl (C=O) groups is 2. The van der Waals surface area contributed by atoms with E-state index in [1.54, 1.807) is 32.0 Å². The topological polar surface area (TPSA) is 120 Å². The Labute approximate surface area is 210 Å². The maximum absolute atomic E-state index is 13.2.